The van der Waals surface area contributed by atoms with Crippen LogP contribution in [0, 0.1) is 6.92 Å². The van der Waals surface area contributed by atoms with Crippen LogP contribution in [0.15, 0.2) is 21.6 Å². The molecule has 4 rings (SSSR count). The lowest BCUT2D eigenvalue weighted by Crippen LogP contribution is -2.25. The van der Waals surface area contributed by atoms with Crippen molar-refractivity contribution in [2.75, 3.05) is 31.1 Å². The molecule has 1 atom stereocenters. The third-order valence-corrected chi connectivity index (χ3v) is 5.09. The van der Waals surface area contributed by atoms with E-state index in [1.54, 1.807) is 12.3 Å². The van der Waals surface area contributed by atoms with E-state index in [0.717, 1.165) is 62.0 Å². The molecule has 24 heavy (non-hydrogen) atoms. The van der Waals surface area contributed by atoms with E-state index in [-0.39, 0.29) is 5.56 Å². The number of nitrogens with zero attached hydrogens (tertiary/aromatic N) is 4. The van der Waals surface area contributed by atoms with Crippen LogP contribution < -0.4 is 10.5 Å². The molecule has 2 aliphatic heterocycles. The number of H-pyrrole nitrogens is 1. The summed E-state index contributed by atoms with van der Waals surface area (Å²) >= 11 is 0. The number of aromatic nitrogens is 3. The summed E-state index contributed by atoms with van der Waals surface area (Å²) in [6.07, 6.45) is 5.09. The Labute approximate surface area is 140 Å². The number of aromatic amines is 1. The summed E-state index contributed by atoms with van der Waals surface area (Å²) in [7, 11) is 0. The summed E-state index contributed by atoms with van der Waals surface area (Å²) in [4.78, 5) is 24.3. The first-order valence-corrected chi connectivity index (χ1v) is 8.67. The second-order valence-electron chi connectivity index (χ2n) is 6.83. The minimum Gasteiger partial charge on any atom is -0.364 e. The van der Waals surface area contributed by atoms with Crippen LogP contribution in [-0.4, -0.2) is 46.2 Å². The van der Waals surface area contributed by atoms with Crippen molar-refractivity contribution in [3.63, 3.8) is 0 Å². The first kappa shape index (κ1) is 15.4. The largest absolute Gasteiger partial charge is 0.364 e. The van der Waals surface area contributed by atoms with E-state index < -0.39 is 0 Å². The molecule has 0 saturated carbocycles. The van der Waals surface area contributed by atoms with E-state index in [1.165, 1.54) is 12.8 Å². The number of hydrogen-bond donors (Lipinski definition) is 1. The summed E-state index contributed by atoms with van der Waals surface area (Å²) in [6, 6.07) is 1.67. The predicted octanol–water partition coefficient (Wildman–Crippen LogP) is 1.66. The van der Waals surface area contributed by atoms with Gasteiger partial charge < -0.3 is 9.42 Å². The summed E-state index contributed by atoms with van der Waals surface area (Å²) in [5.74, 6) is 1.05. The Kier molecular flexibility index (Phi) is 4.10. The highest BCUT2D eigenvalue weighted by molar-refractivity contribution is 5.32. The van der Waals surface area contributed by atoms with Gasteiger partial charge in [-0.25, -0.2) is 4.98 Å². The van der Waals surface area contributed by atoms with Gasteiger partial charge in [0.1, 0.15) is 6.26 Å². The zero-order valence-electron chi connectivity index (χ0n) is 14.0. The molecule has 2 fully saturated rings. The van der Waals surface area contributed by atoms with Crippen molar-refractivity contribution in [2.24, 2.45) is 0 Å². The van der Waals surface area contributed by atoms with Gasteiger partial charge in [-0.3, -0.25) is 14.7 Å². The van der Waals surface area contributed by atoms with Crippen molar-refractivity contribution in [1.82, 2.24) is 20.0 Å². The summed E-state index contributed by atoms with van der Waals surface area (Å²) in [5, 5.41) is 3.94. The summed E-state index contributed by atoms with van der Waals surface area (Å²) < 4.78 is 5.02. The first-order chi connectivity index (χ1) is 11.7. The van der Waals surface area contributed by atoms with Gasteiger partial charge >= 0.3 is 0 Å². The maximum absolute atomic E-state index is 12.1. The number of nitrogens with one attached hydrogen (secondary N) is 1. The molecular weight excluding hydrogens is 306 g/mol. The highest BCUT2D eigenvalue weighted by Gasteiger charge is 2.27. The molecule has 0 spiro atoms. The lowest BCUT2D eigenvalue weighted by molar-refractivity contribution is 0.324. The maximum Gasteiger partial charge on any atom is 0.252 e. The van der Waals surface area contributed by atoms with Crippen molar-refractivity contribution in [3.05, 3.63) is 39.6 Å². The fourth-order valence-electron chi connectivity index (χ4n) is 3.67. The first-order valence-electron chi connectivity index (χ1n) is 8.67. The SMILES string of the molecule is Cc1nocc1CN1CCC(c2cc(=O)[nH]c(N3CCCC3)n2)C1. The van der Waals surface area contributed by atoms with Gasteiger partial charge in [0.2, 0.25) is 5.95 Å². The molecule has 0 amide bonds. The zero-order chi connectivity index (χ0) is 16.5. The molecule has 2 aromatic rings. The molecule has 4 heterocycles. The Morgan fingerprint density at radius 3 is 2.92 bits per heavy atom. The highest BCUT2D eigenvalue weighted by Crippen LogP contribution is 2.28. The van der Waals surface area contributed by atoms with Gasteiger partial charge in [-0.1, -0.05) is 5.16 Å². The minimum atomic E-state index is -0.0461. The standard InChI is InChI=1S/C17H23N5O2/c1-12-14(11-24-20-12)10-21-7-4-13(9-21)15-8-16(23)19-17(18-15)22-5-2-3-6-22/h8,11,13H,2-7,9-10H2,1H3,(H,18,19,23). The van der Waals surface area contributed by atoms with Crippen LogP contribution in [0.3, 0.4) is 0 Å². The van der Waals surface area contributed by atoms with Crippen LogP contribution in [0.5, 0.6) is 0 Å². The fraction of sp³-hybridized carbons (Fsp3) is 0.588. The molecule has 2 aliphatic rings. The molecule has 7 heteroatoms. The number of anilines is 1. The van der Waals surface area contributed by atoms with Crippen molar-refractivity contribution < 1.29 is 4.52 Å². The van der Waals surface area contributed by atoms with Crippen LogP contribution >= 0.6 is 0 Å². The fourth-order valence-corrected chi connectivity index (χ4v) is 3.67. The van der Waals surface area contributed by atoms with Crippen LogP contribution in [0.1, 0.15) is 42.1 Å². The number of rotatable bonds is 4. The van der Waals surface area contributed by atoms with E-state index in [1.807, 2.05) is 6.92 Å². The lowest BCUT2D eigenvalue weighted by atomic mass is 10.1. The Balaban J connectivity index is 1.48. The second kappa shape index (κ2) is 6.39. The summed E-state index contributed by atoms with van der Waals surface area (Å²) in [6.45, 7) is 6.69. The molecule has 0 aliphatic carbocycles. The predicted molar refractivity (Wildman–Crippen MR) is 90.2 cm³/mol. The number of likely N-dealkylation sites (tertiary alicyclic amines) is 1. The molecule has 0 aromatic carbocycles. The van der Waals surface area contributed by atoms with Crippen LogP contribution in [0.2, 0.25) is 0 Å². The molecule has 2 saturated heterocycles. The van der Waals surface area contributed by atoms with Crippen molar-refractivity contribution >= 4 is 5.95 Å². The Morgan fingerprint density at radius 1 is 1.33 bits per heavy atom. The second-order valence-corrected chi connectivity index (χ2v) is 6.83. The van der Waals surface area contributed by atoms with Gasteiger partial charge in [-0.2, -0.15) is 0 Å². The van der Waals surface area contributed by atoms with Gasteiger partial charge in [0.05, 0.1) is 11.4 Å². The van der Waals surface area contributed by atoms with E-state index in [2.05, 4.69) is 19.9 Å². The Morgan fingerprint density at radius 2 is 2.17 bits per heavy atom. The van der Waals surface area contributed by atoms with Gasteiger partial charge in [0.25, 0.3) is 5.56 Å². The topological polar surface area (TPSA) is 78.3 Å². The molecule has 1 N–H and O–H groups in total. The van der Waals surface area contributed by atoms with Crippen LogP contribution in [-0.2, 0) is 6.54 Å². The Bertz CT molecular complexity index is 762. The third-order valence-electron chi connectivity index (χ3n) is 5.09. The Hall–Kier alpha value is -2.15. The number of hydrogen-bond acceptors (Lipinski definition) is 6. The van der Waals surface area contributed by atoms with Crippen molar-refractivity contribution in [3.8, 4) is 0 Å². The van der Waals surface area contributed by atoms with Gasteiger partial charge in [0, 0.05) is 43.7 Å². The lowest BCUT2D eigenvalue weighted by Gasteiger charge is -2.18. The molecule has 2 aromatic heterocycles. The molecule has 1 unspecified atom stereocenters. The van der Waals surface area contributed by atoms with Crippen molar-refractivity contribution in [1.29, 1.82) is 0 Å². The third kappa shape index (κ3) is 3.08. The van der Waals surface area contributed by atoms with Crippen LogP contribution in [0.4, 0.5) is 5.95 Å². The van der Waals surface area contributed by atoms with Gasteiger partial charge in [-0.15, -0.1) is 0 Å². The minimum absolute atomic E-state index is 0.0461. The summed E-state index contributed by atoms with van der Waals surface area (Å²) in [5.41, 5.74) is 2.96. The molecular formula is C17H23N5O2. The van der Waals surface area contributed by atoms with E-state index >= 15 is 0 Å². The zero-order valence-corrected chi connectivity index (χ0v) is 14.0. The molecule has 128 valence electrons. The maximum atomic E-state index is 12.1. The molecule has 0 bridgehead atoms. The van der Waals surface area contributed by atoms with Gasteiger partial charge in [-0.05, 0) is 32.7 Å². The van der Waals surface area contributed by atoms with Crippen molar-refractivity contribution in [2.45, 2.75) is 38.6 Å². The molecule has 7 nitrogen and oxygen atoms in total. The normalized spacial score (nSPS) is 21.7. The number of aryl methyl sites for hydroxylation is 1. The highest BCUT2D eigenvalue weighted by atomic mass is 16.5. The average Bonchev–Trinajstić information content (AvgIpc) is 3.30. The smallest absolute Gasteiger partial charge is 0.252 e. The molecule has 0 radical (unpaired) electrons. The van der Waals surface area contributed by atoms with E-state index in [0.29, 0.717) is 5.92 Å². The van der Waals surface area contributed by atoms with Gasteiger partial charge in [0.15, 0.2) is 0 Å². The van der Waals surface area contributed by atoms with E-state index in [4.69, 9.17) is 9.51 Å². The van der Waals surface area contributed by atoms with Crippen LogP contribution in [0.25, 0.3) is 0 Å². The monoisotopic (exact) mass is 329 g/mol. The average molecular weight is 329 g/mol. The van der Waals surface area contributed by atoms with E-state index in [9.17, 15) is 4.79 Å². The quantitative estimate of drug-likeness (QED) is 0.919.